The summed E-state index contributed by atoms with van der Waals surface area (Å²) in [4.78, 5) is 0. The van der Waals surface area contributed by atoms with Crippen molar-refractivity contribution in [2.45, 2.75) is 0 Å². The monoisotopic (exact) mass is 297 g/mol. The van der Waals surface area contributed by atoms with E-state index in [0.29, 0.717) is 6.61 Å². The van der Waals surface area contributed by atoms with Crippen LogP contribution in [0.4, 0.5) is 5.69 Å². The van der Waals surface area contributed by atoms with Crippen LogP contribution in [0.2, 0.25) is 5.02 Å². The van der Waals surface area contributed by atoms with E-state index in [1.807, 2.05) is 24.3 Å². The van der Waals surface area contributed by atoms with Crippen molar-refractivity contribution in [1.82, 2.24) is 0 Å². The van der Waals surface area contributed by atoms with Gasteiger partial charge in [0.1, 0.15) is 12.4 Å². The van der Waals surface area contributed by atoms with Crippen molar-refractivity contribution in [3.8, 4) is 5.75 Å². The molecular formula is C18H16ClNO. The van der Waals surface area contributed by atoms with Gasteiger partial charge >= 0.3 is 0 Å². The molecule has 106 valence electrons. The molecule has 2 nitrogen and oxygen atoms in total. The van der Waals surface area contributed by atoms with Gasteiger partial charge in [0.2, 0.25) is 0 Å². The number of nitrogens with one attached hydrogen (secondary N) is 1. The predicted molar refractivity (Wildman–Crippen MR) is 89.4 cm³/mol. The zero-order chi connectivity index (χ0) is 14.5. The van der Waals surface area contributed by atoms with Crippen molar-refractivity contribution in [1.29, 1.82) is 0 Å². The fourth-order valence-electron chi connectivity index (χ4n) is 2.26. The number of anilines is 1. The molecular weight excluding hydrogens is 282 g/mol. The number of ether oxygens (including phenoxy) is 1. The van der Waals surface area contributed by atoms with Gasteiger partial charge in [-0.25, -0.2) is 0 Å². The van der Waals surface area contributed by atoms with E-state index < -0.39 is 0 Å². The number of rotatable bonds is 5. The summed E-state index contributed by atoms with van der Waals surface area (Å²) in [6.07, 6.45) is 0. The Morgan fingerprint density at radius 2 is 1.62 bits per heavy atom. The van der Waals surface area contributed by atoms with Crippen LogP contribution in [0.25, 0.3) is 10.8 Å². The van der Waals surface area contributed by atoms with Crippen LogP contribution < -0.4 is 10.1 Å². The number of fused-ring (bicyclic) bond motifs is 1. The molecule has 0 saturated carbocycles. The Labute approximate surface area is 129 Å². The third-order valence-electron chi connectivity index (χ3n) is 3.29. The van der Waals surface area contributed by atoms with Crippen LogP contribution in [0.15, 0.2) is 66.7 Å². The van der Waals surface area contributed by atoms with Gasteiger partial charge in [-0.15, -0.1) is 0 Å². The van der Waals surface area contributed by atoms with Crippen molar-refractivity contribution in [2.75, 3.05) is 18.5 Å². The zero-order valence-corrected chi connectivity index (χ0v) is 12.3. The molecule has 0 saturated heterocycles. The van der Waals surface area contributed by atoms with Gasteiger partial charge in [0.05, 0.1) is 0 Å². The van der Waals surface area contributed by atoms with Crippen LogP contribution in [-0.4, -0.2) is 13.2 Å². The summed E-state index contributed by atoms with van der Waals surface area (Å²) < 4.78 is 5.67. The molecule has 1 N–H and O–H groups in total. The molecule has 0 bridgehead atoms. The summed E-state index contributed by atoms with van der Waals surface area (Å²) in [7, 11) is 0. The van der Waals surface area contributed by atoms with Gasteiger partial charge in [0, 0.05) is 22.6 Å². The maximum absolute atomic E-state index is 5.84. The third kappa shape index (κ3) is 3.47. The van der Waals surface area contributed by atoms with E-state index in [1.165, 1.54) is 10.8 Å². The lowest BCUT2D eigenvalue weighted by Gasteiger charge is -2.11. The minimum absolute atomic E-state index is 0.602. The van der Waals surface area contributed by atoms with Crippen LogP contribution >= 0.6 is 11.6 Å². The maximum atomic E-state index is 5.84. The maximum Gasteiger partial charge on any atom is 0.119 e. The molecule has 0 radical (unpaired) electrons. The molecule has 3 heteroatoms. The Balaban J connectivity index is 1.58. The van der Waals surface area contributed by atoms with Crippen molar-refractivity contribution in [3.05, 3.63) is 71.8 Å². The average molecular weight is 298 g/mol. The third-order valence-corrected chi connectivity index (χ3v) is 3.54. The number of hydrogen-bond donors (Lipinski definition) is 1. The highest BCUT2D eigenvalue weighted by molar-refractivity contribution is 6.30. The van der Waals surface area contributed by atoms with E-state index in [-0.39, 0.29) is 0 Å². The molecule has 21 heavy (non-hydrogen) atoms. The fraction of sp³-hybridized carbons (Fsp3) is 0.111. The lowest BCUT2D eigenvalue weighted by atomic mass is 10.1. The van der Waals surface area contributed by atoms with Crippen LogP contribution in [0, 0.1) is 0 Å². The fourth-order valence-corrected chi connectivity index (χ4v) is 2.39. The number of benzene rings is 3. The first kappa shape index (κ1) is 13.8. The lowest BCUT2D eigenvalue weighted by Crippen LogP contribution is -2.11. The first-order valence-corrected chi connectivity index (χ1v) is 7.31. The molecule has 0 aromatic heterocycles. The Bertz CT molecular complexity index is 719. The molecule has 3 aromatic carbocycles. The molecule has 3 rings (SSSR count). The first-order chi connectivity index (χ1) is 10.3. The molecule has 0 amide bonds. The van der Waals surface area contributed by atoms with E-state index in [9.17, 15) is 0 Å². The molecule has 3 aromatic rings. The average Bonchev–Trinajstić information content (AvgIpc) is 2.53. The van der Waals surface area contributed by atoms with Crippen molar-refractivity contribution in [2.24, 2.45) is 0 Å². The van der Waals surface area contributed by atoms with E-state index in [1.54, 1.807) is 0 Å². The van der Waals surface area contributed by atoms with E-state index >= 15 is 0 Å². The van der Waals surface area contributed by atoms with Gasteiger partial charge in [-0.1, -0.05) is 48.0 Å². The second kappa shape index (κ2) is 6.51. The van der Waals surface area contributed by atoms with Gasteiger partial charge in [-0.2, -0.15) is 0 Å². The molecule has 0 aliphatic carbocycles. The minimum Gasteiger partial charge on any atom is -0.492 e. The number of hydrogen-bond acceptors (Lipinski definition) is 2. The second-order valence-corrected chi connectivity index (χ2v) is 5.19. The Morgan fingerprint density at radius 1 is 0.857 bits per heavy atom. The van der Waals surface area contributed by atoms with E-state index in [4.69, 9.17) is 16.3 Å². The normalized spacial score (nSPS) is 10.5. The first-order valence-electron chi connectivity index (χ1n) is 6.93. The van der Waals surface area contributed by atoms with Gasteiger partial charge < -0.3 is 10.1 Å². The topological polar surface area (TPSA) is 21.3 Å². The Kier molecular flexibility index (Phi) is 4.27. The van der Waals surface area contributed by atoms with E-state index in [2.05, 4.69) is 47.8 Å². The summed E-state index contributed by atoms with van der Waals surface area (Å²) in [6.45, 7) is 1.35. The summed E-state index contributed by atoms with van der Waals surface area (Å²) in [5.41, 5.74) is 1.13. The van der Waals surface area contributed by atoms with Crippen LogP contribution in [-0.2, 0) is 0 Å². The second-order valence-electron chi connectivity index (χ2n) is 4.76. The van der Waals surface area contributed by atoms with Crippen molar-refractivity contribution < 1.29 is 4.74 Å². The summed E-state index contributed by atoms with van der Waals surface area (Å²) in [6, 6.07) is 22.0. The molecule has 0 aliphatic heterocycles. The smallest absolute Gasteiger partial charge is 0.119 e. The molecule has 0 unspecified atom stereocenters. The zero-order valence-electron chi connectivity index (χ0n) is 11.6. The van der Waals surface area contributed by atoms with Crippen LogP contribution in [0.1, 0.15) is 0 Å². The van der Waals surface area contributed by atoms with Gasteiger partial charge in [-0.05, 0) is 35.7 Å². The minimum atomic E-state index is 0.602. The molecule has 0 fully saturated rings. The highest BCUT2D eigenvalue weighted by Crippen LogP contribution is 2.22. The van der Waals surface area contributed by atoms with Gasteiger partial charge in [0.15, 0.2) is 0 Å². The summed E-state index contributed by atoms with van der Waals surface area (Å²) in [5.74, 6) is 0.833. The Hall–Kier alpha value is -2.19. The molecule has 0 spiro atoms. The standard InChI is InChI=1S/C18H16ClNO/c19-15-8-10-16(11-9-15)21-13-12-20-18-7-3-5-14-4-1-2-6-17(14)18/h1-11,20H,12-13H2. The van der Waals surface area contributed by atoms with Crippen molar-refractivity contribution >= 4 is 28.1 Å². The van der Waals surface area contributed by atoms with Gasteiger partial charge in [0.25, 0.3) is 0 Å². The largest absolute Gasteiger partial charge is 0.492 e. The quantitative estimate of drug-likeness (QED) is 0.670. The summed E-state index contributed by atoms with van der Waals surface area (Å²) in [5, 5.41) is 6.60. The Morgan fingerprint density at radius 3 is 2.48 bits per heavy atom. The predicted octanol–water partition coefficient (Wildman–Crippen LogP) is 4.98. The highest BCUT2D eigenvalue weighted by Gasteiger charge is 1.99. The molecule has 0 atom stereocenters. The summed E-state index contributed by atoms with van der Waals surface area (Å²) >= 11 is 5.84. The molecule has 0 heterocycles. The lowest BCUT2D eigenvalue weighted by molar-refractivity contribution is 0.333. The van der Waals surface area contributed by atoms with Crippen LogP contribution in [0.3, 0.4) is 0 Å². The number of halogens is 1. The van der Waals surface area contributed by atoms with Crippen molar-refractivity contribution in [3.63, 3.8) is 0 Å². The van der Waals surface area contributed by atoms with Gasteiger partial charge in [-0.3, -0.25) is 0 Å². The molecule has 0 aliphatic rings. The van der Waals surface area contributed by atoms with Crippen LogP contribution in [0.5, 0.6) is 5.75 Å². The SMILES string of the molecule is Clc1ccc(OCCNc2cccc3ccccc23)cc1. The van der Waals surface area contributed by atoms with E-state index in [0.717, 1.165) is 23.0 Å². The highest BCUT2D eigenvalue weighted by atomic mass is 35.5.